The van der Waals surface area contributed by atoms with Crippen LogP contribution in [0.1, 0.15) is 34.5 Å². The Morgan fingerprint density at radius 1 is 1.12 bits per heavy atom. The number of rotatable bonds is 7. The number of thioether (sulfide) groups is 1. The first kappa shape index (κ1) is 18.7. The Balaban J connectivity index is 2.19. The molecule has 0 amide bonds. The Morgan fingerprint density at radius 3 is 2.20 bits per heavy atom. The van der Waals surface area contributed by atoms with Crippen LogP contribution >= 0.6 is 11.8 Å². The molecule has 6 nitrogen and oxygen atoms in total. The van der Waals surface area contributed by atoms with Gasteiger partial charge >= 0.3 is 0 Å². The molecular weight excluding hydrogens is 342 g/mol. The van der Waals surface area contributed by atoms with Crippen molar-refractivity contribution in [2.45, 2.75) is 18.6 Å². The number of nitro benzene ring substituents is 1. The molecule has 2 aromatic carbocycles. The lowest BCUT2D eigenvalue weighted by molar-refractivity contribution is -0.384. The first-order chi connectivity index (χ1) is 11.9. The number of hydrogen-bond acceptors (Lipinski definition) is 6. The van der Waals surface area contributed by atoms with Crippen molar-refractivity contribution in [2.24, 2.45) is 0 Å². The summed E-state index contributed by atoms with van der Waals surface area (Å²) in [6, 6.07) is 12.7. The minimum atomic E-state index is -0.487. The molecular formula is C18H17NO5S. The summed E-state index contributed by atoms with van der Waals surface area (Å²) in [6.07, 6.45) is 0.119. The Labute approximate surface area is 149 Å². The van der Waals surface area contributed by atoms with E-state index in [9.17, 15) is 19.7 Å². The molecule has 7 heteroatoms. The Hall–Kier alpha value is -2.67. The third-order valence-electron chi connectivity index (χ3n) is 3.57. The van der Waals surface area contributed by atoms with Gasteiger partial charge in [-0.25, -0.2) is 0 Å². The topological polar surface area (TPSA) is 86.5 Å². The van der Waals surface area contributed by atoms with E-state index in [2.05, 4.69) is 0 Å². The van der Waals surface area contributed by atoms with E-state index in [0.717, 1.165) is 11.8 Å². The molecule has 0 heterocycles. The highest BCUT2D eigenvalue weighted by Crippen LogP contribution is 2.34. The summed E-state index contributed by atoms with van der Waals surface area (Å²) in [5, 5.41) is 10.2. The minimum absolute atomic E-state index is 0.0307. The van der Waals surface area contributed by atoms with E-state index in [0.29, 0.717) is 16.9 Å². The van der Waals surface area contributed by atoms with Crippen molar-refractivity contribution >= 4 is 28.3 Å². The molecule has 0 aliphatic heterocycles. The van der Waals surface area contributed by atoms with Crippen molar-refractivity contribution < 1.29 is 19.2 Å². The van der Waals surface area contributed by atoms with Gasteiger partial charge in [0.15, 0.2) is 10.9 Å². The van der Waals surface area contributed by atoms with Crippen LogP contribution in [-0.4, -0.2) is 22.9 Å². The molecule has 0 saturated carbocycles. The predicted octanol–water partition coefficient (Wildman–Crippen LogP) is 4.20. The Bertz CT molecular complexity index is 771. The summed E-state index contributed by atoms with van der Waals surface area (Å²) in [6.45, 7) is 1.43. The molecule has 0 aliphatic carbocycles. The summed E-state index contributed by atoms with van der Waals surface area (Å²) in [4.78, 5) is 34.3. The van der Waals surface area contributed by atoms with Gasteiger partial charge < -0.3 is 4.74 Å². The normalized spacial score (nSPS) is 11.6. The highest BCUT2D eigenvalue weighted by Gasteiger charge is 2.20. The van der Waals surface area contributed by atoms with E-state index in [1.165, 1.54) is 19.1 Å². The summed E-state index contributed by atoms with van der Waals surface area (Å²) in [5.41, 5.74) is 1.20. The van der Waals surface area contributed by atoms with Gasteiger partial charge in [-0.15, -0.1) is 0 Å². The van der Waals surface area contributed by atoms with Gasteiger partial charge in [0.2, 0.25) is 0 Å². The molecule has 130 valence electrons. The molecule has 0 bridgehead atoms. The fourth-order valence-corrected chi connectivity index (χ4v) is 3.23. The van der Waals surface area contributed by atoms with Gasteiger partial charge in [-0.3, -0.25) is 19.7 Å². The van der Waals surface area contributed by atoms with E-state index >= 15 is 0 Å². The van der Waals surface area contributed by atoms with Gasteiger partial charge in [-0.1, -0.05) is 23.9 Å². The zero-order valence-corrected chi connectivity index (χ0v) is 14.6. The van der Waals surface area contributed by atoms with Crippen LogP contribution < -0.4 is 4.74 Å². The molecule has 0 N–H and O–H groups in total. The summed E-state index contributed by atoms with van der Waals surface area (Å²) in [7, 11) is 1.55. The highest BCUT2D eigenvalue weighted by molar-refractivity contribution is 8.13. The van der Waals surface area contributed by atoms with Crippen LogP contribution in [0.4, 0.5) is 5.69 Å². The summed E-state index contributed by atoms with van der Waals surface area (Å²) >= 11 is 1.04. The van der Waals surface area contributed by atoms with Crippen molar-refractivity contribution in [3.63, 3.8) is 0 Å². The van der Waals surface area contributed by atoms with Crippen molar-refractivity contribution in [1.29, 1.82) is 0 Å². The van der Waals surface area contributed by atoms with E-state index in [1.807, 2.05) is 0 Å². The molecule has 1 unspecified atom stereocenters. The number of nitro groups is 1. The predicted molar refractivity (Wildman–Crippen MR) is 96.1 cm³/mol. The van der Waals surface area contributed by atoms with Gasteiger partial charge in [0.25, 0.3) is 5.69 Å². The Kier molecular flexibility index (Phi) is 6.30. The van der Waals surface area contributed by atoms with Gasteiger partial charge in [0.1, 0.15) is 5.75 Å². The molecule has 0 saturated heterocycles. The molecule has 0 spiro atoms. The van der Waals surface area contributed by atoms with Crippen LogP contribution in [0.2, 0.25) is 0 Å². The summed E-state index contributed by atoms with van der Waals surface area (Å²) in [5.74, 6) is 0.543. The highest BCUT2D eigenvalue weighted by atomic mass is 32.2. The number of methoxy groups -OCH3 is 1. The molecule has 2 aromatic rings. The van der Waals surface area contributed by atoms with Crippen LogP contribution in [0.25, 0.3) is 0 Å². The molecule has 1 atom stereocenters. The second-order valence-electron chi connectivity index (χ2n) is 5.30. The van der Waals surface area contributed by atoms with E-state index < -0.39 is 10.2 Å². The lowest BCUT2D eigenvalue weighted by atomic mass is 10.0. The molecule has 2 rings (SSSR count). The van der Waals surface area contributed by atoms with Crippen LogP contribution in [0.15, 0.2) is 48.5 Å². The number of carbonyl (C=O) groups is 2. The van der Waals surface area contributed by atoms with Crippen molar-refractivity contribution in [3.8, 4) is 5.75 Å². The lowest BCUT2D eigenvalue weighted by Crippen LogP contribution is -2.07. The number of nitrogens with zero attached hydrogens (tertiary/aromatic N) is 1. The second kappa shape index (κ2) is 8.43. The molecule has 0 radical (unpaired) electrons. The number of carbonyl (C=O) groups excluding carboxylic acids is 2. The average molecular weight is 359 g/mol. The van der Waals surface area contributed by atoms with Crippen molar-refractivity contribution in [3.05, 3.63) is 69.8 Å². The minimum Gasteiger partial charge on any atom is -0.497 e. The smallest absolute Gasteiger partial charge is 0.269 e. The average Bonchev–Trinajstić information content (AvgIpc) is 2.61. The third kappa shape index (κ3) is 5.15. The van der Waals surface area contributed by atoms with Crippen LogP contribution in [0.5, 0.6) is 5.75 Å². The SMILES string of the molecule is COc1ccc(C(=O)CC(SC(C)=O)c2ccc([N+](=O)[O-])cc2)cc1. The number of Topliss-reactive ketones (excluding diaryl/α,β-unsaturated/α-hetero) is 1. The lowest BCUT2D eigenvalue weighted by Gasteiger charge is -2.15. The largest absolute Gasteiger partial charge is 0.497 e. The zero-order chi connectivity index (χ0) is 18.4. The standard InChI is InChI=1S/C18H17NO5S/c1-12(20)25-18(14-3-7-15(8-4-14)19(22)23)11-17(21)13-5-9-16(24-2)10-6-13/h3-10,18H,11H2,1-2H3. The zero-order valence-electron chi connectivity index (χ0n) is 13.8. The maximum Gasteiger partial charge on any atom is 0.269 e. The van der Waals surface area contributed by atoms with Gasteiger partial charge in [-0.05, 0) is 29.8 Å². The third-order valence-corrected chi connectivity index (χ3v) is 4.62. The molecule has 0 aliphatic rings. The number of ketones is 1. The van der Waals surface area contributed by atoms with E-state index in [1.54, 1.807) is 43.5 Å². The maximum atomic E-state index is 12.5. The fourth-order valence-electron chi connectivity index (χ4n) is 2.30. The second-order valence-corrected chi connectivity index (χ2v) is 6.68. The molecule has 0 aromatic heterocycles. The molecule has 0 fully saturated rings. The number of ether oxygens (including phenoxy) is 1. The number of non-ortho nitro benzene ring substituents is 1. The number of hydrogen-bond donors (Lipinski definition) is 0. The van der Waals surface area contributed by atoms with Crippen molar-refractivity contribution in [1.82, 2.24) is 0 Å². The maximum absolute atomic E-state index is 12.5. The van der Waals surface area contributed by atoms with Crippen LogP contribution in [0.3, 0.4) is 0 Å². The Morgan fingerprint density at radius 2 is 1.72 bits per heavy atom. The van der Waals surface area contributed by atoms with Crippen LogP contribution in [-0.2, 0) is 4.79 Å². The first-order valence-electron chi connectivity index (χ1n) is 7.49. The van der Waals surface area contributed by atoms with E-state index in [4.69, 9.17) is 4.74 Å². The fraction of sp³-hybridized carbons (Fsp3) is 0.222. The summed E-state index contributed by atoms with van der Waals surface area (Å²) < 4.78 is 5.07. The monoisotopic (exact) mass is 359 g/mol. The van der Waals surface area contributed by atoms with Crippen LogP contribution in [0, 0.1) is 10.1 Å². The van der Waals surface area contributed by atoms with Gasteiger partial charge in [0, 0.05) is 36.3 Å². The van der Waals surface area contributed by atoms with Gasteiger partial charge in [0.05, 0.1) is 12.0 Å². The van der Waals surface area contributed by atoms with Gasteiger partial charge in [-0.2, -0.15) is 0 Å². The first-order valence-corrected chi connectivity index (χ1v) is 8.37. The van der Waals surface area contributed by atoms with E-state index in [-0.39, 0.29) is 23.0 Å². The number of benzene rings is 2. The molecule has 25 heavy (non-hydrogen) atoms. The quantitative estimate of drug-likeness (QED) is 0.418. The van der Waals surface area contributed by atoms with Crippen molar-refractivity contribution in [2.75, 3.05) is 7.11 Å².